The van der Waals surface area contributed by atoms with Crippen molar-refractivity contribution in [3.8, 4) is 0 Å². The molecule has 0 amide bonds. The third-order valence-electron chi connectivity index (χ3n) is 0. The average molecular weight is 178 g/mol. The molecular formula is H4MoNO4. The molecule has 0 aliphatic heterocycles. The summed E-state index contributed by atoms with van der Waals surface area (Å²) in [7, 11) is 0. The van der Waals surface area contributed by atoms with Gasteiger partial charge in [-0.2, -0.15) is 0 Å². The quantitative estimate of drug-likeness (QED) is 0.374. The number of nitrogens with two attached hydrogens (primary N) is 1. The van der Waals surface area contributed by atoms with Crippen LogP contribution in [-0.4, -0.2) is 7.52 Å². The summed E-state index contributed by atoms with van der Waals surface area (Å²) in [5.41, 5.74) is 0. The van der Waals surface area contributed by atoms with Gasteiger partial charge in [-0.3, -0.25) is 0 Å². The normalized spacial score (nSPS) is 18.8. The van der Waals surface area contributed by atoms with Crippen LogP contribution >= 0.6 is 0 Å². The first-order valence-electron chi connectivity index (χ1n) is 0.934. The molecular weight excluding hydrogens is 174 g/mol. The fourth-order valence-electron chi connectivity index (χ4n) is 0. The summed E-state index contributed by atoms with van der Waals surface area (Å²) in [6.45, 7) is 0. The Morgan fingerprint density at radius 1 is 1.33 bits per heavy atom. The van der Waals surface area contributed by atoms with E-state index >= 15 is 0 Å². The van der Waals surface area contributed by atoms with E-state index in [0.717, 1.165) is 0 Å². The minimum absolute atomic E-state index is 3.79. The molecule has 5 nitrogen and oxygen atoms in total. The van der Waals surface area contributed by atoms with Crippen molar-refractivity contribution >= 4 is 0 Å². The predicted molar refractivity (Wildman–Crippen MR) is 10.00 cm³/mol. The van der Waals surface area contributed by atoms with E-state index in [9.17, 15) is 6.80 Å². The van der Waals surface area contributed by atoms with Gasteiger partial charge < -0.3 is 0 Å². The second-order valence-electron chi connectivity index (χ2n) is 0.851. The molecule has 6 heavy (non-hydrogen) atoms. The Bertz CT molecular complexity index is 134. The SMILES string of the molecule is [NH2][Mo](=[O])(=[O])([OH])[OH]. The summed E-state index contributed by atoms with van der Waals surface area (Å²) in [5.74, 6) is 0. The van der Waals surface area contributed by atoms with Gasteiger partial charge in [0.1, 0.15) is 0 Å². The summed E-state index contributed by atoms with van der Waals surface area (Å²) in [4.78, 5) is 0. The fraction of sp³-hybridized carbons (Fsp3) is 0. The van der Waals surface area contributed by atoms with E-state index in [-0.39, 0.29) is 0 Å². The Morgan fingerprint density at radius 2 is 1.33 bits per heavy atom. The monoisotopic (exact) mass is 180 g/mol. The van der Waals surface area contributed by atoms with Crippen LogP contribution in [0.1, 0.15) is 0 Å². The van der Waals surface area contributed by atoms with E-state index in [1.54, 1.807) is 0 Å². The van der Waals surface area contributed by atoms with Gasteiger partial charge in [0.15, 0.2) is 0 Å². The van der Waals surface area contributed by atoms with Crippen molar-refractivity contribution in [3.63, 3.8) is 0 Å². The van der Waals surface area contributed by atoms with Crippen LogP contribution in [0.15, 0.2) is 0 Å². The zero-order valence-corrected chi connectivity index (χ0v) is 4.70. The standard InChI is InChI=1S/Mo.H2N.2H2O.2O/h;3*1H2;;/q+3;-1;;;;/p-2. The van der Waals surface area contributed by atoms with Crippen molar-refractivity contribution in [1.82, 2.24) is 0 Å². The third-order valence-corrected chi connectivity index (χ3v) is 0. The van der Waals surface area contributed by atoms with Gasteiger partial charge >= 0.3 is 34.4 Å². The van der Waals surface area contributed by atoms with Gasteiger partial charge in [-0.05, 0) is 0 Å². The van der Waals surface area contributed by atoms with Gasteiger partial charge in [0, 0.05) is 0 Å². The zero-order valence-electron chi connectivity index (χ0n) is 2.70. The molecule has 0 aliphatic carbocycles. The van der Waals surface area contributed by atoms with Gasteiger partial charge in [0.2, 0.25) is 0 Å². The van der Waals surface area contributed by atoms with Crippen molar-refractivity contribution in [2.45, 2.75) is 0 Å². The predicted octanol–water partition coefficient (Wildman–Crippen LogP) is -1.94. The molecule has 39 valence electrons. The Balaban J connectivity index is 4.69. The van der Waals surface area contributed by atoms with Gasteiger partial charge in [0.05, 0.1) is 0 Å². The molecule has 0 bridgehead atoms. The van der Waals surface area contributed by atoms with Crippen LogP contribution in [0.5, 0.6) is 0 Å². The summed E-state index contributed by atoms with van der Waals surface area (Å²) in [5, 5.41) is 0. The number of rotatable bonds is 0. The van der Waals surface area contributed by atoms with Gasteiger partial charge in [0.25, 0.3) is 0 Å². The van der Waals surface area contributed by atoms with Crippen LogP contribution in [0.4, 0.5) is 0 Å². The summed E-state index contributed by atoms with van der Waals surface area (Å²) in [6, 6.07) is 0. The van der Waals surface area contributed by atoms with Gasteiger partial charge in [-0.1, -0.05) is 0 Å². The zero-order chi connectivity index (χ0) is 5.45. The second kappa shape index (κ2) is 0.869. The van der Waals surface area contributed by atoms with Gasteiger partial charge in [-0.15, -0.1) is 0 Å². The van der Waals surface area contributed by atoms with Gasteiger partial charge in [-0.25, -0.2) is 0 Å². The first-order chi connectivity index (χ1) is 2.24. The van der Waals surface area contributed by atoms with E-state index < -0.39 is 15.7 Å². The van der Waals surface area contributed by atoms with E-state index in [1.165, 1.54) is 0 Å². The van der Waals surface area contributed by atoms with E-state index in [0.29, 0.717) is 0 Å². The summed E-state index contributed by atoms with van der Waals surface area (Å²) in [6.07, 6.45) is 0. The van der Waals surface area contributed by atoms with Crippen LogP contribution in [0.25, 0.3) is 0 Å². The minimum atomic E-state index is -6.62. The fourth-order valence-corrected chi connectivity index (χ4v) is 0. The van der Waals surface area contributed by atoms with E-state index in [2.05, 4.69) is 4.29 Å². The molecule has 4 N–H and O–H groups in total. The van der Waals surface area contributed by atoms with Crippen molar-refractivity contribution in [2.24, 2.45) is 4.29 Å². The molecule has 0 aromatic heterocycles. The van der Waals surface area contributed by atoms with E-state index in [4.69, 9.17) is 7.52 Å². The molecule has 0 spiro atoms. The molecule has 0 aromatic carbocycles. The molecule has 0 aliphatic rings. The Labute approximate surface area is 35.0 Å². The molecule has 0 unspecified atom stereocenters. The van der Waals surface area contributed by atoms with Crippen molar-refractivity contribution < 1.29 is 30.1 Å². The van der Waals surface area contributed by atoms with Crippen molar-refractivity contribution in [2.75, 3.05) is 0 Å². The second-order valence-corrected chi connectivity index (χ2v) is 5.04. The summed E-state index contributed by atoms with van der Waals surface area (Å²) >= 11 is -6.62. The molecule has 0 saturated carbocycles. The average Bonchev–Trinajstić information content (AvgIpc) is 0.650. The number of hydrogen-bond donors (Lipinski definition) is 3. The maximum atomic E-state index is 9.21. The number of hydrogen-bond acceptors (Lipinski definition) is 2. The summed E-state index contributed by atoms with van der Waals surface area (Å²) < 4.78 is 37.0. The van der Waals surface area contributed by atoms with Crippen LogP contribution < -0.4 is 4.29 Å². The molecule has 0 aromatic rings. The maximum absolute atomic E-state index is 9.21. The molecule has 0 radical (unpaired) electrons. The molecule has 0 heterocycles. The van der Waals surface area contributed by atoms with E-state index in [1.807, 2.05) is 0 Å². The van der Waals surface area contributed by atoms with Crippen molar-refractivity contribution in [1.29, 1.82) is 0 Å². The molecule has 0 atom stereocenters. The topological polar surface area (TPSA) is 101 Å². The van der Waals surface area contributed by atoms with Crippen LogP contribution in [0.3, 0.4) is 0 Å². The van der Waals surface area contributed by atoms with Crippen LogP contribution in [0.2, 0.25) is 0 Å². The molecule has 6 heteroatoms. The molecule has 0 fully saturated rings. The van der Waals surface area contributed by atoms with Crippen LogP contribution in [0, 0.1) is 0 Å². The molecule has 0 saturated heterocycles. The first kappa shape index (κ1) is 6.17. The Hall–Kier alpha value is 0.168. The molecule has 0 rings (SSSR count). The Morgan fingerprint density at radius 3 is 1.33 bits per heavy atom. The Kier molecular flexibility index (Phi) is 0.893. The van der Waals surface area contributed by atoms with Crippen molar-refractivity contribution in [3.05, 3.63) is 0 Å². The van der Waals surface area contributed by atoms with Crippen LogP contribution in [-0.2, 0) is 22.5 Å². The first-order valence-corrected chi connectivity index (χ1v) is 5.53. The third kappa shape index (κ3) is 1480.